The fraction of sp³-hybridized carbons (Fsp3) is 0.412. The van der Waals surface area contributed by atoms with Gasteiger partial charge in [0.1, 0.15) is 5.58 Å². The third-order valence-corrected chi connectivity index (χ3v) is 15.6. The molecule has 2 bridgehead atoms. The monoisotopic (exact) mass is 722 g/mol. The molecule has 5 unspecified atom stereocenters. The maximum absolute atomic E-state index is 7.37. The van der Waals surface area contributed by atoms with Gasteiger partial charge in [-0.2, -0.15) is 0 Å². The molecule has 2 saturated carbocycles. The minimum Gasteiger partial charge on any atom is -0.469 e. The lowest BCUT2D eigenvalue weighted by atomic mass is 9.28. The first-order valence-corrected chi connectivity index (χ1v) is 21.3. The highest BCUT2D eigenvalue weighted by molar-refractivity contribution is 6.90. The van der Waals surface area contributed by atoms with Crippen molar-refractivity contribution in [2.45, 2.75) is 116 Å². The van der Waals surface area contributed by atoms with Crippen molar-refractivity contribution in [1.29, 1.82) is 0 Å². The molecule has 4 aliphatic carbocycles. The molecule has 11 rings (SSSR count). The molecule has 5 aromatic rings. The molecular weight excluding hydrogens is 667 g/mol. The van der Waals surface area contributed by atoms with Crippen LogP contribution in [0.15, 0.2) is 107 Å². The second-order valence-electron chi connectivity index (χ2n) is 19.9. The fourth-order valence-electron chi connectivity index (χ4n) is 12.7. The van der Waals surface area contributed by atoms with Gasteiger partial charge in [-0.15, -0.1) is 0 Å². The lowest BCUT2D eigenvalue weighted by Gasteiger charge is -2.58. The fourth-order valence-corrected chi connectivity index (χ4v) is 12.7. The Hall–Kier alpha value is -4.44. The number of benzene rings is 4. The zero-order valence-corrected chi connectivity index (χ0v) is 33.9. The van der Waals surface area contributed by atoms with E-state index in [1.807, 2.05) is 0 Å². The zero-order valence-electron chi connectivity index (χ0n) is 33.9. The minimum atomic E-state index is -0.363. The van der Waals surface area contributed by atoms with E-state index >= 15 is 0 Å². The van der Waals surface area contributed by atoms with Crippen LogP contribution < -0.4 is 20.9 Å². The molecular formula is C51H55BN2O. The molecule has 0 N–H and O–H groups in total. The topological polar surface area (TPSA) is 19.6 Å². The van der Waals surface area contributed by atoms with Gasteiger partial charge in [-0.3, -0.25) is 0 Å². The van der Waals surface area contributed by atoms with Crippen LogP contribution in [0.1, 0.15) is 101 Å². The van der Waals surface area contributed by atoms with Crippen molar-refractivity contribution in [3.05, 3.63) is 131 Å². The number of fused-ring (bicyclic) bond motifs is 9. The van der Waals surface area contributed by atoms with Crippen LogP contribution in [0.25, 0.3) is 11.0 Å². The third kappa shape index (κ3) is 4.76. The van der Waals surface area contributed by atoms with E-state index in [4.69, 9.17) is 4.42 Å². The summed E-state index contributed by atoms with van der Waals surface area (Å²) in [4.78, 5) is 5.34. The van der Waals surface area contributed by atoms with Crippen molar-refractivity contribution in [2.75, 3.05) is 9.80 Å². The first-order chi connectivity index (χ1) is 26.4. The number of nitrogens with zero attached hydrogens (tertiary/aromatic N) is 2. The van der Waals surface area contributed by atoms with Crippen LogP contribution in [0.5, 0.6) is 0 Å². The summed E-state index contributed by atoms with van der Waals surface area (Å²) in [5, 5.41) is 1.26. The molecule has 1 aromatic heterocycles. The number of rotatable bonds is 4. The van der Waals surface area contributed by atoms with Crippen LogP contribution in [0, 0.1) is 31.6 Å². The Balaban J connectivity index is 1.21. The average Bonchev–Trinajstić information content (AvgIpc) is 3.89. The van der Waals surface area contributed by atoms with Crippen LogP contribution in [0.4, 0.5) is 22.7 Å². The Bertz CT molecular complexity index is 2450. The first-order valence-electron chi connectivity index (χ1n) is 21.3. The summed E-state index contributed by atoms with van der Waals surface area (Å²) < 4.78 is 7.37. The number of hydrogen-bond donors (Lipinski definition) is 0. The summed E-state index contributed by atoms with van der Waals surface area (Å²) in [5.41, 5.74) is 16.9. The Kier molecular flexibility index (Phi) is 7.12. The molecule has 55 heavy (non-hydrogen) atoms. The van der Waals surface area contributed by atoms with Crippen LogP contribution in [0.2, 0.25) is 5.82 Å². The largest absolute Gasteiger partial charge is 0.469 e. The zero-order chi connectivity index (χ0) is 37.6. The molecule has 4 heteroatoms. The van der Waals surface area contributed by atoms with Crippen LogP contribution in [-0.4, -0.2) is 12.3 Å². The van der Waals surface area contributed by atoms with Gasteiger partial charge in [0, 0.05) is 34.0 Å². The van der Waals surface area contributed by atoms with Crippen LogP contribution in [-0.2, 0) is 17.3 Å². The lowest BCUT2D eigenvalue weighted by Crippen LogP contribution is -2.68. The van der Waals surface area contributed by atoms with Crippen LogP contribution in [0.3, 0.4) is 0 Å². The average molecular weight is 723 g/mol. The van der Waals surface area contributed by atoms with Gasteiger partial charge in [0.25, 0.3) is 6.71 Å². The molecule has 3 nitrogen and oxygen atoms in total. The van der Waals surface area contributed by atoms with Gasteiger partial charge in [0.05, 0.1) is 16.9 Å². The Labute approximate surface area is 328 Å². The normalized spacial score (nSPS) is 27.8. The predicted molar refractivity (Wildman–Crippen MR) is 232 cm³/mol. The van der Waals surface area contributed by atoms with E-state index in [0.29, 0.717) is 0 Å². The number of anilines is 4. The first kappa shape index (κ1) is 33.9. The van der Waals surface area contributed by atoms with Crippen molar-refractivity contribution >= 4 is 51.6 Å². The minimum absolute atomic E-state index is 0.0549. The van der Waals surface area contributed by atoms with Gasteiger partial charge < -0.3 is 14.2 Å². The van der Waals surface area contributed by atoms with Gasteiger partial charge in [-0.25, -0.2) is 0 Å². The summed E-state index contributed by atoms with van der Waals surface area (Å²) in [6, 6.07) is 30.4. The molecule has 0 amide bonds. The smallest absolute Gasteiger partial charge is 0.272 e. The Morgan fingerprint density at radius 1 is 0.782 bits per heavy atom. The van der Waals surface area contributed by atoms with E-state index in [1.165, 1.54) is 112 Å². The van der Waals surface area contributed by atoms with Gasteiger partial charge >= 0.3 is 0 Å². The molecule has 2 aliphatic heterocycles. The van der Waals surface area contributed by atoms with E-state index in [2.05, 4.69) is 155 Å². The van der Waals surface area contributed by atoms with Crippen molar-refractivity contribution in [3.8, 4) is 0 Å². The molecule has 2 fully saturated rings. The van der Waals surface area contributed by atoms with Gasteiger partial charge in [-0.05, 0) is 158 Å². The Morgan fingerprint density at radius 2 is 1.53 bits per heavy atom. The van der Waals surface area contributed by atoms with E-state index in [9.17, 15) is 0 Å². The maximum Gasteiger partial charge on any atom is 0.272 e. The molecule has 6 aliphatic rings. The second kappa shape index (κ2) is 11.6. The molecule has 4 aromatic carbocycles. The maximum atomic E-state index is 7.37. The van der Waals surface area contributed by atoms with Gasteiger partial charge in [0.2, 0.25) is 0 Å². The highest BCUT2D eigenvalue weighted by Gasteiger charge is 2.60. The number of para-hydroxylation sites is 2. The second-order valence-corrected chi connectivity index (χ2v) is 19.9. The number of aryl methyl sites for hydroxylation is 2. The predicted octanol–water partition coefficient (Wildman–Crippen LogP) is 11.9. The lowest BCUT2D eigenvalue weighted by molar-refractivity contribution is 0.331. The molecule has 0 saturated heterocycles. The SMILES string of the molecule is Cc1cccc(C)c1N1c2cc3c(cc2B2c4oc5ccc(CC6CC7CCC6C7)cc5c4N(c4ccccc4)C4=CC=CC1(C)C24)C(C)(C)CCC3(C)C. The standard InChI is InChI=1S/C51H55BN2O/c1-31-13-11-14-32(2)45(31)54-43-30-40-39(49(3,4)23-24-50(40,5)6)29-41(43)52-47-42(17-12-22-51(47,54)7)53(37-15-9-8-10-16-37)46-38-28-34(19-21-44(38)55-48(46)52)27-36-26-33-18-20-35(36)25-33/h8-17,19,21-22,28-30,33,35-36,47H,18,20,23-27H2,1-7H3. The highest BCUT2D eigenvalue weighted by atomic mass is 16.3. The third-order valence-electron chi connectivity index (χ3n) is 15.6. The van der Waals surface area contributed by atoms with Crippen molar-refractivity contribution in [1.82, 2.24) is 0 Å². The summed E-state index contributed by atoms with van der Waals surface area (Å²) in [5.74, 6) is 2.81. The summed E-state index contributed by atoms with van der Waals surface area (Å²) in [6.45, 7) is 17.0. The summed E-state index contributed by atoms with van der Waals surface area (Å²) >= 11 is 0. The van der Waals surface area contributed by atoms with Crippen LogP contribution >= 0.6 is 0 Å². The Morgan fingerprint density at radius 3 is 2.24 bits per heavy atom. The van der Waals surface area contributed by atoms with Gasteiger partial charge in [-0.1, -0.05) is 94.8 Å². The summed E-state index contributed by atoms with van der Waals surface area (Å²) in [7, 11) is 0. The molecule has 0 radical (unpaired) electrons. The van der Waals surface area contributed by atoms with Crippen molar-refractivity contribution in [2.24, 2.45) is 17.8 Å². The summed E-state index contributed by atoms with van der Waals surface area (Å²) in [6.07, 6.45) is 16.6. The molecule has 0 spiro atoms. The molecule has 3 heterocycles. The quantitative estimate of drug-likeness (QED) is 0.172. The molecule has 5 atom stereocenters. The molecule has 278 valence electrons. The van der Waals surface area contributed by atoms with Gasteiger partial charge in [0.15, 0.2) is 0 Å². The van der Waals surface area contributed by atoms with E-state index < -0.39 is 0 Å². The van der Waals surface area contributed by atoms with Crippen molar-refractivity contribution < 1.29 is 4.42 Å². The van der Waals surface area contributed by atoms with E-state index in [0.717, 1.165) is 29.0 Å². The van der Waals surface area contributed by atoms with E-state index in [-0.39, 0.29) is 28.9 Å². The number of allylic oxidation sites excluding steroid dienone is 2. The van der Waals surface area contributed by atoms with E-state index in [1.54, 1.807) is 0 Å². The highest BCUT2D eigenvalue weighted by Crippen LogP contribution is 2.59. The number of hydrogen-bond acceptors (Lipinski definition) is 3. The van der Waals surface area contributed by atoms with Crippen molar-refractivity contribution in [3.63, 3.8) is 0 Å². The number of furan rings is 1.